The number of anilines is 1. The molecule has 2 N–H and O–H groups in total. The molecule has 0 atom stereocenters. The summed E-state index contributed by atoms with van der Waals surface area (Å²) < 4.78 is 7.07. The van der Waals surface area contributed by atoms with Gasteiger partial charge >= 0.3 is 0 Å². The number of nitrogens with two attached hydrogens (primary N) is 1. The van der Waals surface area contributed by atoms with Gasteiger partial charge in [-0.1, -0.05) is 6.07 Å². The van der Waals surface area contributed by atoms with Crippen LogP contribution in [-0.2, 0) is 0 Å². The first-order valence-corrected chi connectivity index (χ1v) is 4.84. The molecule has 0 saturated carbocycles. The topological polar surface area (TPSA) is 53.1 Å². The monoisotopic (exact) mass is 203 g/mol. The summed E-state index contributed by atoms with van der Waals surface area (Å²) in [7, 11) is 0. The van der Waals surface area contributed by atoms with Crippen LogP contribution in [0.2, 0.25) is 0 Å². The van der Waals surface area contributed by atoms with Crippen LogP contribution in [-0.4, -0.2) is 16.4 Å². The molecule has 0 spiro atoms. The molecule has 0 fully saturated rings. The number of ether oxygens (including phenoxy) is 1. The fraction of sp³-hybridized carbons (Fsp3) is 0.182. The van der Waals surface area contributed by atoms with Crippen LogP contribution in [0.15, 0.2) is 36.5 Å². The summed E-state index contributed by atoms with van der Waals surface area (Å²) in [4.78, 5) is 0. The molecule has 0 aliphatic rings. The molecule has 0 saturated heterocycles. The first-order valence-electron chi connectivity index (χ1n) is 4.84. The van der Waals surface area contributed by atoms with Gasteiger partial charge in [0.25, 0.3) is 0 Å². The van der Waals surface area contributed by atoms with Crippen LogP contribution in [0.1, 0.15) is 6.92 Å². The summed E-state index contributed by atoms with van der Waals surface area (Å²) >= 11 is 0. The molecule has 1 aromatic heterocycles. The molecule has 0 aliphatic heterocycles. The van der Waals surface area contributed by atoms with E-state index in [0.717, 1.165) is 11.4 Å². The van der Waals surface area contributed by atoms with E-state index in [1.165, 1.54) is 0 Å². The Hall–Kier alpha value is -1.97. The number of nitrogen functional groups attached to an aromatic ring is 1. The normalized spacial score (nSPS) is 10.2. The third-order valence-corrected chi connectivity index (χ3v) is 2.05. The molecule has 0 unspecified atom stereocenters. The Morgan fingerprint density at radius 2 is 2.27 bits per heavy atom. The average Bonchev–Trinajstić information content (AvgIpc) is 2.65. The van der Waals surface area contributed by atoms with Crippen LogP contribution in [0.25, 0.3) is 5.69 Å². The largest absolute Gasteiger partial charge is 0.494 e. The van der Waals surface area contributed by atoms with Crippen LogP contribution >= 0.6 is 0 Å². The van der Waals surface area contributed by atoms with Gasteiger partial charge in [0, 0.05) is 12.1 Å². The van der Waals surface area contributed by atoms with Crippen molar-refractivity contribution < 1.29 is 4.74 Å². The second-order valence-corrected chi connectivity index (χ2v) is 3.10. The minimum atomic E-state index is 0.614. The summed E-state index contributed by atoms with van der Waals surface area (Å²) in [6.07, 6.45) is 1.67. The Kier molecular flexibility index (Phi) is 2.58. The van der Waals surface area contributed by atoms with E-state index in [2.05, 4.69) is 5.10 Å². The number of rotatable bonds is 3. The molecular formula is C11H13N3O. The first kappa shape index (κ1) is 9.58. The average molecular weight is 203 g/mol. The van der Waals surface area contributed by atoms with E-state index in [1.54, 1.807) is 16.9 Å². The van der Waals surface area contributed by atoms with Gasteiger partial charge in [-0.25, -0.2) is 4.68 Å². The third kappa shape index (κ3) is 1.93. The maximum Gasteiger partial charge on any atom is 0.127 e. The van der Waals surface area contributed by atoms with Gasteiger partial charge in [0.05, 0.1) is 18.5 Å². The Morgan fingerprint density at radius 1 is 1.40 bits per heavy atom. The lowest BCUT2D eigenvalue weighted by Gasteiger charge is -2.07. The van der Waals surface area contributed by atoms with Crippen LogP contribution < -0.4 is 10.5 Å². The standard InChI is InChI=1S/C11H13N3O/c1-2-15-10-5-3-4-9(8-10)14-11(12)6-7-13-14/h3-8H,2,12H2,1H3. The lowest BCUT2D eigenvalue weighted by atomic mass is 10.3. The van der Waals surface area contributed by atoms with E-state index in [4.69, 9.17) is 10.5 Å². The number of hydrogen-bond donors (Lipinski definition) is 1. The van der Waals surface area contributed by atoms with Crippen molar-refractivity contribution in [3.05, 3.63) is 36.5 Å². The number of benzene rings is 1. The lowest BCUT2D eigenvalue weighted by molar-refractivity contribution is 0.340. The second kappa shape index (κ2) is 4.04. The summed E-state index contributed by atoms with van der Waals surface area (Å²) in [6, 6.07) is 9.43. The predicted molar refractivity (Wildman–Crippen MR) is 59.1 cm³/mol. The molecule has 0 radical (unpaired) electrons. The molecule has 0 aliphatic carbocycles. The van der Waals surface area contributed by atoms with Crippen LogP contribution in [0, 0.1) is 0 Å². The highest BCUT2D eigenvalue weighted by Gasteiger charge is 2.02. The van der Waals surface area contributed by atoms with Gasteiger partial charge in [-0.2, -0.15) is 5.10 Å². The SMILES string of the molecule is CCOc1cccc(-n2nccc2N)c1. The predicted octanol–water partition coefficient (Wildman–Crippen LogP) is 1.85. The molecule has 1 heterocycles. The van der Waals surface area contributed by atoms with Gasteiger partial charge in [0.15, 0.2) is 0 Å². The van der Waals surface area contributed by atoms with Gasteiger partial charge in [0.2, 0.25) is 0 Å². The summed E-state index contributed by atoms with van der Waals surface area (Å²) in [6.45, 7) is 2.60. The number of hydrogen-bond acceptors (Lipinski definition) is 3. The molecule has 4 nitrogen and oxygen atoms in total. The fourth-order valence-electron chi connectivity index (χ4n) is 1.40. The third-order valence-electron chi connectivity index (χ3n) is 2.05. The van der Waals surface area contributed by atoms with E-state index in [-0.39, 0.29) is 0 Å². The molecule has 4 heteroatoms. The van der Waals surface area contributed by atoms with E-state index >= 15 is 0 Å². The Balaban J connectivity index is 2.37. The van der Waals surface area contributed by atoms with Crippen molar-refractivity contribution in [1.29, 1.82) is 0 Å². The molecule has 1 aromatic carbocycles. The van der Waals surface area contributed by atoms with E-state index in [1.807, 2.05) is 31.2 Å². The quantitative estimate of drug-likeness (QED) is 0.828. The highest BCUT2D eigenvalue weighted by atomic mass is 16.5. The van der Waals surface area contributed by atoms with Gasteiger partial charge in [0.1, 0.15) is 11.6 Å². The van der Waals surface area contributed by atoms with Crippen LogP contribution in [0.5, 0.6) is 5.75 Å². The molecule has 15 heavy (non-hydrogen) atoms. The van der Waals surface area contributed by atoms with E-state index in [9.17, 15) is 0 Å². The lowest BCUT2D eigenvalue weighted by Crippen LogP contribution is -2.01. The van der Waals surface area contributed by atoms with Gasteiger partial charge in [-0.3, -0.25) is 0 Å². The summed E-state index contributed by atoms with van der Waals surface area (Å²) in [5.74, 6) is 1.44. The highest BCUT2D eigenvalue weighted by Crippen LogP contribution is 2.18. The minimum Gasteiger partial charge on any atom is -0.494 e. The molecule has 0 amide bonds. The number of aromatic nitrogens is 2. The molecule has 0 bridgehead atoms. The van der Waals surface area contributed by atoms with Gasteiger partial charge in [-0.05, 0) is 19.1 Å². The van der Waals surface area contributed by atoms with E-state index in [0.29, 0.717) is 12.4 Å². The Bertz CT molecular complexity index is 451. The van der Waals surface area contributed by atoms with Crippen molar-refractivity contribution in [2.75, 3.05) is 12.3 Å². The first-order chi connectivity index (χ1) is 7.31. The maximum absolute atomic E-state index is 5.76. The Morgan fingerprint density at radius 3 is 2.93 bits per heavy atom. The molecule has 2 aromatic rings. The van der Waals surface area contributed by atoms with Gasteiger partial charge in [-0.15, -0.1) is 0 Å². The Labute approximate surface area is 88.3 Å². The van der Waals surface area contributed by atoms with E-state index < -0.39 is 0 Å². The van der Waals surface area contributed by atoms with Crippen molar-refractivity contribution in [2.45, 2.75) is 6.92 Å². The van der Waals surface area contributed by atoms with Crippen molar-refractivity contribution in [2.24, 2.45) is 0 Å². The zero-order valence-corrected chi connectivity index (χ0v) is 8.55. The van der Waals surface area contributed by atoms with Crippen LogP contribution in [0.4, 0.5) is 5.82 Å². The van der Waals surface area contributed by atoms with Crippen molar-refractivity contribution >= 4 is 5.82 Å². The summed E-state index contributed by atoms with van der Waals surface area (Å²) in [5.41, 5.74) is 6.66. The minimum absolute atomic E-state index is 0.614. The smallest absolute Gasteiger partial charge is 0.127 e. The van der Waals surface area contributed by atoms with Crippen LogP contribution in [0.3, 0.4) is 0 Å². The van der Waals surface area contributed by atoms with Crippen molar-refractivity contribution in [3.63, 3.8) is 0 Å². The van der Waals surface area contributed by atoms with Crippen molar-refractivity contribution in [3.8, 4) is 11.4 Å². The maximum atomic E-state index is 5.76. The molecule has 2 rings (SSSR count). The van der Waals surface area contributed by atoms with Gasteiger partial charge < -0.3 is 10.5 Å². The van der Waals surface area contributed by atoms with Crippen molar-refractivity contribution in [1.82, 2.24) is 9.78 Å². The fourth-order valence-corrected chi connectivity index (χ4v) is 1.40. The zero-order chi connectivity index (χ0) is 10.7. The summed E-state index contributed by atoms with van der Waals surface area (Å²) in [5, 5.41) is 4.12. The molecule has 78 valence electrons. The highest BCUT2D eigenvalue weighted by molar-refractivity contribution is 5.44. The number of nitrogens with zero attached hydrogens (tertiary/aromatic N) is 2. The molecular weight excluding hydrogens is 190 g/mol. The second-order valence-electron chi connectivity index (χ2n) is 3.10. The zero-order valence-electron chi connectivity index (χ0n) is 8.55.